The lowest BCUT2D eigenvalue weighted by atomic mass is 10.1. The maximum absolute atomic E-state index is 5.34. The first kappa shape index (κ1) is 6.62. The molecule has 2 heteroatoms. The monoisotopic (exact) mass is 141 g/mol. The first-order valence-corrected chi connectivity index (χ1v) is 4.28. The molecule has 2 aliphatic rings. The van der Waals surface area contributed by atoms with Gasteiger partial charge in [0.05, 0.1) is 6.61 Å². The fraction of sp³-hybridized carbons (Fsp3) is 1.00. The topological polar surface area (TPSA) is 21.3 Å². The zero-order valence-corrected chi connectivity index (χ0v) is 6.31. The predicted octanol–water partition coefficient (Wildman–Crippen LogP) is 0.775. The molecule has 0 aromatic carbocycles. The zero-order valence-electron chi connectivity index (χ0n) is 6.31. The zero-order chi connectivity index (χ0) is 6.81. The van der Waals surface area contributed by atoms with Gasteiger partial charge in [-0.3, -0.25) is 0 Å². The van der Waals surface area contributed by atoms with Gasteiger partial charge in [0.15, 0.2) is 0 Å². The molecule has 0 bridgehead atoms. The van der Waals surface area contributed by atoms with Gasteiger partial charge in [-0.05, 0) is 25.2 Å². The summed E-state index contributed by atoms with van der Waals surface area (Å²) in [5.74, 6) is 0.988. The van der Waals surface area contributed by atoms with Crippen molar-refractivity contribution >= 4 is 0 Å². The van der Waals surface area contributed by atoms with Gasteiger partial charge in [0.25, 0.3) is 0 Å². The molecule has 2 rings (SSSR count). The van der Waals surface area contributed by atoms with Gasteiger partial charge in [0.1, 0.15) is 0 Å². The molecule has 1 aliphatic carbocycles. The summed E-state index contributed by atoms with van der Waals surface area (Å²) in [4.78, 5) is 0. The molecule has 1 unspecified atom stereocenters. The summed E-state index contributed by atoms with van der Waals surface area (Å²) in [6.45, 7) is 2.93. The fourth-order valence-corrected chi connectivity index (χ4v) is 1.63. The summed E-state index contributed by atoms with van der Waals surface area (Å²) < 4.78 is 5.34. The van der Waals surface area contributed by atoms with Crippen LogP contribution in [0.4, 0.5) is 0 Å². The van der Waals surface area contributed by atoms with Crippen molar-refractivity contribution in [3.8, 4) is 0 Å². The van der Waals surface area contributed by atoms with Crippen LogP contribution < -0.4 is 5.32 Å². The van der Waals surface area contributed by atoms with Crippen LogP contribution in [-0.2, 0) is 4.74 Å². The van der Waals surface area contributed by atoms with Gasteiger partial charge >= 0.3 is 0 Å². The lowest BCUT2D eigenvalue weighted by Gasteiger charge is -2.12. The molecule has 1 heterocycles. The largest absolute Gasteiger partial charge is 0.380 e. The van der Waals surface area contributed by atoms with Crippen molar-refractivity contribution in [3.05, 3.63) is 0 Å². The van der Waals surface area contributed by atoms with Crippen LogP contribution in [-0.4, -0.2) is 25.8 Å². The second-order valence-corrected chi connectivity index (χ2v) is 3.30. The van der Waals surface area contributed by atoms with E-state index in [1.165, 1.54) is 19.3 Å². The summed E-state index contributed by atoms with van der Waals surface area (Å²) in [5, 5.41) is 3.52. The van der Waals surface area contributed by atoms with E-state index >= 15 is 0 Å². The molecule has 1 aliphatic heterocycles. The normalized spacial score (nSPS) is 35.4. The number of hydrogen-bond donors (Lipinski definition) is 1. The Morgan fingerprint density at radius 2 is 2.00 bits per heavy atom. The van der Waals surface area contributed by atoms with Gasteiger partial charge in [-0.1, -0.05) is 0 Å². The highest BCUT2D eigenvalue weighted by molar-refractivity contribution is 4.86. The number of nitrogens with one attached hydrogen (secondary N) is 1. The van der Waals surface area contributed by atoms with E-state index in [0.717, 1.165) is 31.7 Å². The van der Waals surface area contributed by atoms with Crippen LogP contribution in [0.15, 0.2) is 0 Å². The van der Waals surface area contributed by atoms with Gasteiger partial charge in [-0.2, -0.15) is 0 Å². The van der Waals surface area contributed by atoms with E-state index in [-0.39, 0.29) is 0 Å². The quantitative estimate of drug-likeness (QED) is 0.582. The molecular weight excluding hydrogens is 126 g/mol. The third kappa shape index (κ3) is 1.50. The van der Waals surface area contributed by atoms with Crippen LogP contribution in [0.25, 0.3) is 0 Å². The average Bonchev–Trinajstić information content (AvgIpc) is 2.76. The van der Waals surface area contributed by atoms with E-state index in [0.29, 0.717) is 0 Å². The fourth-order valence-electron chi connectivity index (χ4n) is 1.63. The molecular formula is C8H15NO. The lowest BCUT2D eigenvalue weighted by molar-refractivity contribution is 0.149. The molecule has 2 fully saturated rings. The van der Waals surface area contributed by atoms with Crippen LogP contribution >= 0.6 is 0 Å². The summed E-state index contributed by atoms with van der Waals surface area (Å²) in [6.07, 6.45) is 4.11. The van der Waals surface area contributed by atoms with Crippen LogP contribution in [0, 0.1) is 5.92 Å². The summed E-state index contributed by atoms with van der Waals surface area (Å²) >= 11 is 0. The molecule has 10 heavy (non-hydrogen) atoms. The number of ether oxygens (including phenoxy) is 1. The third-order valence-corrected chi connectivity index (χ3v) is 2.42. The molecule has 0 amide bonds. The predicted molar refractivity (Wildman–Crippen MR) is 40.0 cm³/mol. The summed E-state index contributed by atoms with van der Waals surface area (Å²) in [5.41, 5.74) is 0. The number of rotatable bonds is 1. The van der Waals surface area contributed by atoms with Gasteiger partial charge in [0.2, 0.25) is 0 Å². The van der Waals surface area contributed by atoms with E-state index < -0.39 is 0 Å². The van der Waals surface area contributed by atoms with Crippen molar-refractivity contribution < 1.29 is 4.74 Å². The summed E-state index contributed by atoms with van der Waals surface area (Å²) in [6, 6.07) is 0.780. The van der Waals surface area contributed by atoms with Crippen LogP contribution in [0.5, 0.6) is 0 Å². The Kier molecular flexibility index (Phi) is 1.91. The van der Waals surface area contributed by atoms with Gasteiger partial charge in [-0.25, -0.2) is 0 Å². The molecule has 1 N–H and O–H groups in total. The van der Waals surface area contributed by atoms with E-state index in [1.807, 2.05) is 0 Å². The Balaban J connectivity index is 1.81. The molecule has 0 radical (unpaired) electrons. The van der Waals surface area contributed by atoms with Gasteiger partial charge in [-0.15, -0.1) is 0 Å². The maximum atomic E-state index is 5.34. The van der Waals surface area contributed by atoms with Gasteiger partial charge in [0, 0.05) is 19.2 Å². The van der Waals surface area contributed by atoms with Crippen molar-refractivity contribution in [2.45, 2.75) is 25.3 Å². The second kappa shape index (κ2) is 2.89. The molecule has 58 valence electrons. The standard InChI is InChI=1S/C8H15NO/c1-2-7(1)8-3-5-10-6-4-9-8/h7-9H,1-6H2. The van der Waals surface area contributed by atoms with E-state index in [4.69, 9.17) is 4.74 Å². The van der Waals surface area contributed by atoms with E-state index in [9.17, 15) is 0 Å². The average molecular weight is 141 g/mol. The molecule has 1 saturated heterocycles. The first-order chi connectivity index (χ1) is 4.97. The van der Waals surface area contributed by atoms with Gasteiger partial charge < -0.3 is 10.1 Å². The minimum Gasteiger partial charge on any atom is -0.380 e. The van der Waals surface area contributed by atoms with Crippen LogP contribution in [0.2, 0.25) is 0 Å². The van der Waals surface area contributed by atoms with Crippen molar-refractivity contribution in [2.75, 3.05) is 19.8 Å². The molecule has 0 spiro atoms. The van der Waals surface area contributed by atoms with E-state index in [1.54, 1.807) is 0 Å². The molecule has 1 atom stereocenters. The van der Waals surface area contributed by atoms with Crippen molar-refractivity contribution in [2.24, 2.45) is 5.92 Å². The third-order valence-electron chi connectivity index (χ3n) is 2.42. The minimum atomic E-state index is 0.780. The highest BCUT2D eigenvalue weighted by Gasteiger charge is 2.30. The molecule has 1 saturated carbocycles. The Morgan fingerprint density at radius 3 is 2.80 bits per heavy atom. The maximum Gasteiger partial charge on any atom is 0.0591 e. The first-order valence-electron chi connectivity index (χ1n) is 4.28. The minimum absolute atomic E-state index is 0.780. The summed E-state index contributed by atoms with van der Waals surface area (Å²) in [7, 11) is 0. The highest BCUT2D eigenvalue weighted by atomic mass is 16.5. The highest BCUT2D eigenvalue weighted by Crippen LogP contribution is 2.34. The van der Waals surface area contributed by atoms with Crippen LogP contribution in [0.3, 0.4) is 0 Å². The van der Waals surface area contributed by atoms with Crippen molar-refractivity contribution in [3.63, 3.8) is 0 Å². The SMILES string of the molecule is C1COCCC(C2CC2)N1. The smallest absolute Gasteiger partial charge is 0.0591 e. The second-order valence-electron chi connectivity index (χ2n) is 3.30. The van der Waals surface area contributed by atoms with Crippen molar-refractivity contribution in [1.82, 2.24) is 5.32 Å². The molecule has 0 aromatic heterocycles. The van der Waals surface area contributed by atoms with Crippen molar-refractivity contribution in [1.29, 1.82) is 0 Å². The Morgan fingerprint density at radius 1 is 1.10 bits per heavy atom. The Hall–Kier alpha value is -0.0800. The Labute approximate surface area is 61.9 Å². The molecule has 0 aromatic rings. The lowest BCUT2D eigenvalue weighted by Crippen LogP contribution is -2.31. The number of hydrogen-bond acceptors (Lipinski definition) is 2. The van der Waals surface area contributed by atoms with E-state index in [2.05, 4.69) is 5.32 Å². The van der Waals surface area contributed by atoms with Crippen LogP contribution in [0.1, 0.15) is 19.3 Å². The molecule has 2 nitrogen and oxygen atoms in total. The Bertz CT molecular complexity index is 104.